The van der Waals surface area contributed by atoms with E-state index in [0.29, 0.717) is 13.2 Å². The first-order valence-corrected chi connectivity index (χ1v) is 13.0. The van der Waals surface area contributed by atoms with Gasteiger partial charge >= 0.3 is 0 Å². The van der Waals surface area contributed by atoms with E-state index in [4.69, 9.17) is 27.8 Å². The van der Waals surface area contributed by atoms with Gasteiger partial charge < -0.3 is 27.8 Å². The minimum Gasteiger partial charge on any atom is -0.405 e. The Morgan fingerprint density at radius 3 is 2.04 bits per heavy atom. The fourth-order valence-corrected chi connectivity index (χ4v) is 4.92. The second-order valence-electron chi connectivity index (χ2n) is 6.86. The topological polar surface area (TPSA) is 55.4 Å². The molecule has 0 bridgehead atoms. The molecule has 0 saturated carbocycles. The van der Waals surface area contributed by atoms with Gasteiger partial charge in [-0.15, -0.1) is 0 Å². The molecule has 0 aromatic carbocycles. The fraction of sp³-hybridized carbons (Fsp3) is 0.824. The monoisotopic (exact) mass is 572 g/mol. The Hall–Kier alpha value is 2.70. The maximum absolute atomic E-state index is 6.15. The summed E-state index contributed by atoms with van der Waals surface area (Å²) >= 11 is 0. The van der Waals surface area contributed by atoms with Crippen molar-refractivity contribution >= 4 is 21.8 Å². The van der Waals surface area contributed by atoms with E-state index in [1.807, 2.05) is 26.9 Å². The van der Waals surface area contributed by atoms with E-state index >= 15 is 0 Å². The summed E-state index contributed by atoms with van der Waals surface area (Å²) in [4.78, 5) is 0. The minimum absolute atomic E-state index is 0. The smallest absolute Gasteiger partial charge is 0.112 e. The summed E-state index contributed by atoms with van der Waals surface area (Å²) in [6.45, 7) is 11.0. The first-order valence-electron chi connectivity index (χ1n) is 8.58. The first-order chi connectivity index (χ1) is 11.7. The maximum Gasteiger partial charge on any atom is 0.112 e. The second kappa shape index (κ2) is 14.0. The Labute approximate surface area is 216 Å². The minimum atomic E-state index is -2.27. The van der Waals surface area contributed by atoms with E-state index in [2.05, 4.69) is 26.0 Å². The SMILES string of the molecule is C=P(C)(OC[C@H]1O[C@@H](C)[CH-][C@H]1OP(C)C)O[C@@H]1[CH-][C@H](C)O[C@@H]1COC.[Y].[Y]. The fourth-order valence-electron chi connectivity index (χ4n) is 2.98. The normalized spacial score (nSPS) is 35.5. The Kier molecular flexibility index (Phi) is 15.4. The van der Waals surface area contributed by atoms with Gasteiger partial charge in [-0.2, -0.15) is 0 Å². The molecule has 2 aliphatic heterocycles. The molecule has 6 nitrogen and oxygen atoms in total. The van der Waals surface area contributed by atoms with Gasteiger partial charge in [0.25, 0.3) is 0 Å². The second-order valence-corrected chi connectivity index (χ2v) is 11.2. The summed E-state index contributed by atoms with van der Waals surface area (Å²) in [5.41, 5.74) is 0. The summed E-state index contributed by atoms with van der Waals surface area (Å²) in [6, 6.07) is 0. The van der Waals surface area contributed by atoms with Crippen molar-refractivity contribution in [1.29, 1.82) is 0 Å². The molecule has 0 N–H and O–H groups in total. The molecular formula is C17H32O6P2Y2-2. The predicted octanol–water partition coefficient (Wildman–Crippen LogP) is 2.96. The summed E-state index contributed by atoms with van der Waals surface area (Å²) in [6.07, 6.45) is 7.92. The van der Waals surface area contributed by atoms with E-state index in [0.717, 1.165) is 0 Å². The van der Waals surface area contributed by atoms with Crippen LogP contribution in [0.2, 0.25) is 0 Å². The Morgan fingerprint density at radius 2 is 1.52 bits per heavy atom. The molecule has 2 rings (SSSR count). The summed E-state index contributed by atoms with van der Waals surface area (Å²) in [5.74, 6) is 0. The van der Waals surface area contributed by atoms with E-state index in [9.17, 15) is 0 Å². The number of methoxy groups -OCH3 is 1. The third-order valence-corrected chi connectivity index (χ3v) is 6.00. The average Bonchev–Trinajstić information content (AvgIpc) is 2.99. The number of hydrogen-bond acceptors (Lipinski definition) is 6. The Bertz CT molecular complexity index is 471. The number of hydrogen-bond donors (Lipinski definition) is 0. The third kappa shape index (κ3) is 10.2. The van der Waals surface area contributed by atoms with Gasteiger partial charge in [0.2, 0.25) is 0 Å². The van der Waals surface area contributed by atoms with Gasteiger partial charge in [0.15, 0.2) is 0 Å². The van der Waals surface area contributed by atoms with Crippen molar-refractivity contribution in [2.75, 3.05) is 40.3 Å². The summed E-state index contributed by atoms with van der Waals surface area (Å²) in [5, 5.41) is 0. The van der Waals surface area contributed by atoms with Crippen LogP contribution < -0.4 is 0 Å². The molecule has 2 saturated heterocycles. The van der Waals surface area contributed by atoms with Crippen molar-refractivity contribution in [2.45, 2.75) is 50.5 Å². The van der Waals surface area contributed by atoms with Crippen LogP contribution in [0, 0.1) is 12.8 Å². The van der Waals surface area contributed by atoms with E-state index < -0.39 is 15.5 Å². The van der Waals surface area contributed by atoms with Crippen LogP contribution in [-0.4, -0.2) is 83.2 Å². The molecular weight excluding hydrogens is 540 g/mol. The molecule has 7 atom stereocenters. The largest absolute Gasteiger partial charge is 0.405 e. The Balaban J connectivity index is 0.00000338. The molecule has 0 aliphatic carbocycles. The van der Waals surface area contributed by atoms with Crippen LogP contribution in [0.25, 0.3) is 0 Å². The molecule has 0 aromatic heterocycles. The molecule has 0 aromatic rings. The molecule has 2 fully saturated rings. The van der Waals surface area contributed by atoms with Gasteiger partial charge in [0.05, 0.1) is 25.4 Å². The molecule has 0 amide bonds. The summed E-state index contributed by atoms with van der Waals surface area (Å²) < 4.78 is 35.1. The van der Waals surface area contributed by atoms with Gasteiger partial charge in [0, 0.05) is 87.3 Å². The quantitative estimate of drug-likeness (QED) is 0.313. The van der Waals surface area contributed by atoms with Crippen molar-refractivity contribution in [3.8, 4) is 0 Å². The molecule has 154 valence electrons. The zero-order chi connectivity index (χ0) is 18.6. The van der Waals surface area contributed by atoms with Crippen LogP contribution in [0.1, 0.15) is 13.8 Å². The van der Waals surface area contributed by atoms with Crippen LogP contribution in [0.3, 0.4) is 0 Å². The van der Waals surface area contributed by atoms with Crippen LogP contribution in [-0.2, 0) is 93.2 Å². The van der Waals surface area contributed by atoms with Gasteiger partial charge in [-0.25, -0.2) is 0 Å². The number of ether oxygens (including phenoxy) is 3. The molecule has 2 aliphatic rings. The predicted molar refractivity (Wildman–Crippen MR) is 104 cm³/mol. The van der Waals surface area contributed by atoms with Crippen LogP contribution in [0.4, 0.5) is 0 Å². The van der Waals surface area contributed by atoms with E-state index in [-0.39, 0.29) is 102 Å². The Morgan fingerprint density at radius 1 is 1.00 bits per heavy atom. The summed E-state index contributed by atoms with van der Waals surface area (Å²) in [7, 11) is -1.08. The standard InChI is InChI=1S/C17H32O6P2.2Y/c1-12-8-14(22-24(4)5)17(21-12)11-19-25(6,7)23-15-9-13(2)20-16(15)10-18-3;;/h8-9,12-17H,6,10-11H2,1-5,7H3;;/q-2;;/t12-,13-,14+,15+,16+,17+,25?;;/m0../s1. The van der Waals surface area contributed by atoms with Crippen molar-refractivity contribution in [3.63, 3.8) is 0 Å². The molecule has 27 heavy (non-hydrogen) atoms. The third-order valence-electron chi connectivity index (χ3n) is 3.95. The van der Waals surface area contributed by atoms with Gasteiger partial charge in [-0.05, 0) is 25.5 Å². The van der Waals surface area contributed by atoms with Gasteiger partial charge in [0.1, 0.15) is 7.34 Å². The molecule has 2 radical (unpaired) electrons. The van der Waals surface area contributed by atoms with E-state index in [1.54, 1.807) is 7.11 Å². The zero-order valence-electron chi connectivity index (χ0n) is 17.2. The van der Waals surface area contributed by atoms with Gasteiger partial charge in [-0.1, -0.05) is 32.4 Å². The van der Waals surface area contributed by atoms with Crippen LogP contribution in [0.15, 0.2) is 0 Å². The molecule has 0 spiro atoms. The van der Waals surface area contributed by atoms with Crippen molar-refractivity contribution in [3.05, 3.63) is 12.8 Å². The molecule has 1 unspecified atom stereocenters. The zero-order valence-corrected chi connectivity index (χ0v) is 24.7. The number of rotatable bonds is 9. The van der Waals surface area contributed by atoms with Crippen molar-refractivity contribution in [1.82, 2.24) is 0 Å². The van der Waals surface area contributed by atoms with Crippen LogP contribution >= 0.6 is 15.5 Å². The molecule has 10 heteroatoms. The van der Waals surface area contributed by atoms with Crippen molar-refractivity contribution in [2.24, 2.45) is 0 Å². The first kappa shape index (κ1) is 29.7. The average molecular weight is 572 g/mol. The maximum atomic E-state index is 6.15. The molecule has 2 heterocycles. The van der Waals surface area contributed by atoms with Crippen molar-refractivity contribution < 1.29 is 93.2 Å². The van der Waals surface area contributed by atoms with Crippen LogP contribution in [0.5, 0.6) is 0 Å². The van der Waals surface area contributed by atoms with Gasteiger partial charge in [-0.3, -0.25) is 12.8 Å². The van der Waals surface area contributed by atoms with E-state index in [1.165, 1.54) is 0 Å².